The van der Waals surface area contributed by atoms with Crippen LogP contribution in [0.25, 0.3) is 0 Å². The van der Waals surface area contributed by atoms with Gasteiger partial charge in [0.1, 0.15) is 0 Å². The zero-order valence-electron chi connectivity index (χ0n) is 8.41. The van der Waals surface area contributed by atoms with Crippen LogP contribution in [0.3, 0.4) is 0 Å². The average molecular weight is 266 g/mol. The highest BCUT2D eigenvalue weighted by Gasteiger charge is 1.89. The van der Waals surface area contributed by atoms with Gasteiger partial charge >= 0.3 is 10.4 Å². The smallest absolute Gasteiger partial charge is 0.271 e. The van der Waals surface area contributed by atoms with Gasteiger partial charge in [-0.05, 0) is 12.1 Å². The maximum atomic E-state index is 8.74. The summed E-state index contributed by atoms with van der Waals surface area (Å²) in [5.74, 6) is 6.14. The zero-order valence-corrected chi connectivity index (χ0v) is 10.0. The van der Waals surface area contributed by atoms with Crippen molar-refractivity contribution >= 4 is 22.2 Å². The number of nitrogens with one attached hydrogen (secondary N) is 1. The third kappa shape index (κ3) is 13.4. The molecule has 92 valence electrons. The summed E-state index contributed by atoms with van der Waals surface area (Å²) in [6, 6.07) is 10.3. The second-order valence-corrected chi connectivity index (χ2v) is 4.63. The number of nitrogens with two attached hydrogens (primary N) is 1. The van der Waals surface area contributed by atoms with Gasteiger partial charge in [-0.3, -0.25) is 20.4 Å². The topological polar surface area (TPSA) is 113 Å². The summed E-state index contributed by atoms with van der Waals surface area (Å²) in [5.41, 5.74) is 2.62. The predicted molar refractivity (Wildman–Crippen MR) is 63.5 cm³/mol. The van der Waals surface area contributed by atoms with E-state index in [9.17, 15) is 0 Å². The second kappa shape index (κ2) is 8.50. The Morgan fingerprint density at radius 2 is 1.75 bits per heavy atom. The molecular formula is C8H14N2O4S2. The Morgan fingerprint density at radius 3 is 2.19 bits per heavy atom. The van der Waals surface area contributed by atoms with Gasteiger partial charge in [0.05, 0.1) is 0 Å². The van der Waals surface area contributed by atoms with E-state index in [4.69, 9.17) is 23.4 Å². The Labute approximate surface area is 98.8 Å². The van der Waals surface area contributed by atoms with Crippen LogP contribution < -0.4 is 11.3 Å². The lowest BCUT2D eigenvalue weighted by atomic mass is 10.4. The second-order valence-electron chi connectivity index (χ2n) is 2.56. The predicted octanol–water partition coefficient (Wildman–Crippen LogP) is 0.589. The highest BCUT2D eigenvalue weighted by molar-refractivity contribution is 7.99. The first-order valence-corrected chi connectivity index (χ1v) is 6.63. The van der Waals surface area contributed by atoms with Crippen LogP contribution in [0.5, 0.6) is 0 Å². The van der Waals surface area contributed by atoms with Crippen LogP contribution in [0, 0.1) is 0 Å². The Balaban J connectivity index is 0.000000385. The van der Waals surface area contributed by atoms with Crippen molar-refractivity contribution in [2.75, 3.05) is 12.3 Å². The molecular weight excluding hydrogens is 252 g/mol. The Kier molecular flexibility index (Phi) is 8.16. The molecule has 0 saturated carbocycles. The molecule has 0 heterocycles. The Hall–Kier alpha value is -0.640. The first kappa shape index (κ1) is 15.4. The number of hydrazine groups is 1. The molecule has 8 heteroatoms. The quantitative estimate of drug-likeness (QED) is 0.207. The van der Waals surface area contributed by atoms with Gasteiger partial charge in [0, 0.05) is 17.2 Å². The molecule has 6 nitrogen and oxygen atoms in total. The van der Waals surface area contributed by atoms with E-state index in [-0.39, 0.29) is 0 Å². The van der Waals surface area contributed by atoms with E-state index in [0.717, 1.165) is 12.3 Å². The van der Waals surface area contributed by atoms with Crippen molar-refractivity contribution in [2.45, 2.75) is 4.90 Å². The SMILES string of the molecule is NNCCSc1ccccc1.O=S(=O)(O)O. The van der Waals surface area contributed by atoms with Gasteiger partial charge in [0.2, 0.25) is 0 Å². The highest BCUT2D eigenvalue weighted by Crippen LogP contribution is 2.15. The molecule has 0 unspecified atom stereocenters. The van der Waals surface area contributed by atoms with Gasteiger partial charge in [-0.1, -0.05) is 18.2 Å². The average Bonchev–Trinajstić information content (AvgIpc) is 2.17. The van der Waals surface area contributed by atoms with Crippen LogP contribution in [0.1, 0.15) is 0 Å². The fourth-order valence-corrected chi connectivity index (χ4v) is 1.55. The third-order valence-corrected chi connectivity index (χ3v) is 2.27. The summed E-state index contributed by atoms with van der Waals surface area (Å²) in [5, 5.41) is 0. The normalized spacial score (nSPS) is 10.4. The summed E-state index contributed by atoms with van der Waals surface area (Å²) in [4.78, 5) is 1.29. The highest BCUT2D eigenvalue weighted by atomic mass is 32.3. The van der Waals surface area contributed by atoms with Crippen LogP contribution >= 0.6 is 11.8 Å². The molecule has 0 atom stereocenters. The first-order valence-electron chi connectivity index (χ1n) is 4.24. The van der Waals surface area contributed by atoms with Crippen molar-refractivity contribution in [3.8, 4) is 0 Å². The van der Waals surface area contributed by atoms with Gasteiger partial charge in [0.25, 0.3) is 0 Å². The van der Waals surface area contributed by atoms with Gasteiger partial charge in [-0.15, -0.1) is 11.8 Å². The van der Waals surface area contributed by atoms with Crippen LogP contribution in [0.15, 0.2) is 35.2 Å². The Morgan fingerprint density at radius 1 is 1.25 bits per heavy atom. The fraction of sp³-hybridized carbons (Fsp3) is 0.250. The molecule has 0 fully saturated rings. The fourth-order valence-electron chi connectivity index (χ4n) is 0.745. The van der Waals surface area contributed by atoms with Crippen LogP contribution in [-0.2, 0) is 10.4 Å². The number of benzene rings is 1. The largest absolute Gasteiger partial charge is 0.394 e. The summed E-state index contributed by atoms with van der Waals surface area (Å²) >= 11 is 1.80. The van der Waals surface area contributed by atoms with E-state index in [2.05, 4.69) is 17.6 Å². The molecule has 0 radical (unpaired) electrons. The molecule has 0 aliphatic heterocycles. The number of hydrogen-bond donors (Lipinski definition) is 4. The van der Waals surface area contributed by atoms with E-state index < -0.39 is 10.4 Å². The zero-order chi connectivity index (χ0) is 12.4. The Bertz CT molecular complexity index is 361. The molecule has 0 bridgehead atoms. The molecule has 1 aromatic rings. The van der Waals surface area contributed by atoms with Crippen molar-refractivity contribution in [3.63, 3.8) is 0 Å². The van der Waals surface area contributed by atoms with E-state index in [1.807, 2.05) is 18.2 Å². The lowest BCUT2D eigenvalue weighted by Gasteiger charge is -1.98. The maximum absolute atomic E-state index is 8.74. The molecule has 0 saturated heterocycles. The van der Waals surface area contributed by atoms with E-state index in [1.54, 1.807) is 11.8 Å². The van der Waals surface area contributed by atoms with E-state index in [0.29, 0.717) is 0 Å². The van der Waals surface area contributed by atoms with Gasteiger partial charge in [-0.2, -0.15) is 8.42 Å². The van der Waals surface area contributed by atoms with Crippen molar-refractivity contribution in [1.82, 2.24) is 5.43 Å². The summed E-state index contributed by atoms with van der Waals surface area (Å²) < 4.78 is 31.6. The van der Waals surface area contributed by atoms with Gasteiger partial charge in [0.15, 0.2) is 0 Å². The van der Waals surface area contributed by atoms with Crippen LogP contribution in [-0.4, -0.2) is 29.8 Å². The van der Waals surface area contributed by atoms with Crippen molar-refractivity contribution in [2.24, 2.45) is 5.84 Å². The summed E-state index contributed by atoms with van der Waals surface area (Å²) in [6.07, 6.45) is 0. The van der Waals surface area contributed by atoms with Crippen LogP contribution in [0.2, 0.25) is 0 Å². The standard InChI is InChI=1S/C8H12N2S.H2O4S/c9-10-6-7-11-8-4-2-1-3-5-8;1-5(2,3)4/h1-5,10H,6-7,9H2;(H2,1,2,3,4). The van der Waals surface area contributed by atoms with E-state index >= 15 is 0 Å². The van der Waals surface area contributed by atoms with Gasteiger partial charge in [-0.25, -0.2) is 0 Å². The van der Waals surface area contributed by atoms with Crippen molar-refractivity contribution in [1.29, 1.82) is 0 Å². The number of rotatable bonds is 4. The minimum atomic E-state index is -4.67. The molecule has 0 spiro atoms. The minimum absolute atomic E-state index is 0.847. The molecule has 0 amide bonds. The molecule has 1 aromatic carbocycles. The van der Waals surface area contributed by atoms with Gasteiger partial charge < -0.3 is 0 Å². The monoisotopic (exact) mass is 266 g/mol. The molecule has 5 N–H and O–H groups in total. The van der Waals surface area contributed by atoms with E-state index in [1.165, 1.54) is 4.90 Å². The molecule has 0 aliphatic carbocycles. The first-order chi connectivity index (χ1) is 7.43. The number of hydrogen-bond acceptors (Lipinski definition) is 5. The molecule has 0 aliphatic rings. The lowest BCUT2D eigenvalue weighted by molar-refractivity contribution is 0.381. The molecule has 16 heavy (non-hydrogen) atoms. The van der Waals surface area contributed by atoms with Crippen molar-refractivity contribution < 1.29 is 17.5 Å². The summed E-state index contributed by atoms with van der Waals surface area (Å²) in [6.45, 7) is 0.847. The number of thioether (sulfide) groups is 1. The minimum Gasteiger partial charge on any atom is -0.271 e. The maximum Gasteiger partial charge on any atom is 0.394 e. The molecule has 0 aromatic heterocycles. The lowest BCUT2D eigenvalue weighted by Crippen LogP contribution is -2.24. The van der Waals surface area contributed by atoms with Crippen LogP contribution in [0.4, 0.5) is 0 Å². The third-order valence-electron chi connectivity index (χ3n) is 1.26. The summed E-state index contributed by atoms with van der Waals surface area (Å²) in [7, 11) is -4.67. The van der Waals surface area contributed by atoms with Crippen molar-refractivity contribution in [3.05, 3.63) is 30.3 Å². The molecule has 1 rings (SSSR count).